The van der Waals surface area contributed by atoms with E-state index >= 15 is 0 Å². The zero-order valence-electron chi connectivity index (χ0n) is 34.4. The van der Waals surface area contributed by atoms with Crippen LogP contribution in [-0.4, -0.2) is 123 Å². The van der Waals surface area contributed by atoms with Crippen LogP contribution in [0.3, 0.4) is 0 Å². The summed E-state index contributed by atoms with van der Waals surface area (Å²) < 4.78 is 16.2. The van der Waals surface area contributed by atoms with Crippen LogP contribution in [-0.2, 0) is 19.0 Å². The van der Waals surface area contributed by atoms with E-state index in [2.05, 4.69) is 29.7 Å². The van der Waals surface area contributed by atoms with Gasteiger partial charge >= 0.3 is 18.2 Å². The molecule has 2 saturated heterocycles. The molecule has 0 saturated carbocycles. The Hall–Kier alpha value is -5.86. The molecule has 2 aromatic heterocycles. The highest BCUT2D eigenvalue weighted by molar-refractivity contribution is 6.00. The van der Waals surface area contributed by atoms with Crippen molar-refractivity contribution >= 4 is 64.0 Å². The average molecular weight is 783 g/mol. The van der Waals surface area contributed by atoms with Crippen LogP contribution in [0.5, 0.6) is 0 Å². The van der Waals surface area contributed by atoms with E-state index < -0.39 is 22.8 Å². The van der Waals surface area contributed by atoms with Gasteiger partial charge in [-0.1, -0.05) is 18.2 Å². The predicted octanol–water partition coefficient (Wildman–Crippen LogP) is 6.54. The topological polar surface area (TPSA) is 160 Å². The number of para-hydroxylation sites is 2. The van der Waals surface area contributed by atoms with Crippen molar-refractivity contribution in [3.05, 3.63) is 66.3 Å². The van der Waals surface area contributed by atoms with Crippen LogP contribution in [0.15, 0.2) is 55.1 Å². The predicted molar refractivity (Wildman–Crippen MR) is 219 cm³/mol. The van der Waals surface area contributed by atoms with E-state index in [1.54, 1.807) is 21.9 Å². The molecule has 0 radical (unpaired) electrons. The fraction of sp³-hybridized carbons (Fsp3) is 0.476. The molecule has 0 atom stereocenters. The summed E-state index contributed by atoms with van der Waals surface area (Å²) in [5, 5.41) is 1.74. The number of nitrogens with zero attached hydrogens (tertiary/aromatic N) is 8. The number of hydrogen-bond donors (Lipinski definition) is 0. The van der Waals surface area contributed by atoms with Gasteiger partial charge in [-0.3, -0.25) is 4.79 Å². The molecule has 0 N–H and O–H groups in total. The first-order chi connectivity index (χ1) is 26.8. The van der Waals surface area contributed by atoms with Crippen LogP contribution in [0.25, 0.3) is 27.9 Å². The van der Waals surface area contributed by atoms with Crippen molar-refractivity contribution < 1.29 is 33.4 Å². The average Bonchev–Trinajstić information content (AvgIpc) is 3.14. The Morgan fingerprint density at radius 1 is 0.561 bits per heavy atom. The van der Waals surface area contributed by atoms with Gasteiger partial charge in [0.1, 0.15) is 41.1 Å². The normalized spacial score (nSPS) is 15.3. The standard InChI is InChI=1S/C24H32N4O4.C18H22N4O3/c1-23(2,3)31-19(29)11-10-17-8-7-9-18-20(17)25-16-26-21(18)27-12-14-28(15-13-27)22(30)32-24(4,5)6;1-18(2,3)25-17(24)22-9-7-21(8-10-22)16-14-6-4-5-13(11-23)15(14)19-12-20-16/h7-11,16H,12-15H2,1-6H3;4-6,11-12H,7-10H2,1-3H3/b11-10+;. The summed E-state index contributed by atoms with van der Waals surface area (Å²) in [7, 11) is 0. The summed E-state index contributed by atoms with van der Waals surface area (Å²) >= 11 is 0. The Bertz CT molecular complexity index is 2100. The smallest absolute Gasteiger partial charge is 0.410 e. The van der Waals surface area contributed by atoms with Gasteiger partial charge in [0.15, 0.2) is 6.29 Å². The van der Waals surface area contributed by atoms with Crippen LogP contribution >= 0.6 is 0 Å². The van der Waals surface area contributed by atoms with Crippen LogP contribution in [0.1, 0.15) is 78.2 Å². The van der Waals surface area contributed by atoms with Gasteiger partial charge in [-0.25, -0.2) is 34.3 Å². The quantitative estimate of drug-likeness (QED) is 0.0930. The first kappa shape index (κ1) is 42.3. The minimum absolute atomic E-state index is 0.289. The van der Waals surface area contributed by atoms with Gasteiger partial charge < -0.3 is 33.8 Å². The summed E-state index contributed by atoms with van der Waals surface area (Å²) in [6, 6.07) is 11.3. The number of esters is 1. The largest absolute Gasteiger partial charge is 0.457 e. The highest BCUT2D eigenvalue weighted by Crippen LogP contribution is 2.28. The Kier molecular flexibility index (Phi) is 13.0. The van der Waals surface area contributed by atoms with Crippen LogP contribution in [0.4, 0.5) is 21.2 Å². The van der Waals surface area contributed by atoms with Crippen molar-refractivity contribution in [2.45, 2.75) is 79.1 Å². The molecule has 0 spiro atoms. The Balaban J connectivity index is 0.000000224. The minimum atomic E-state index is -0.545. The molecule has 0 unspecified atom stereocenters. The molecule has 0 aliphatic carbocycles. The van der Waals surface area contributed by atoms with E-state index in [0.29, 0.717) is 63.4 Å². The first-order valence-electron chi connectivity index (χ1n) is 19.1. The molecular formula is C42H54N8O7. The molecule has 2 fully saturated rings. The third kappa shape index (κ3) is 11.6. The molecule has 4 aromatic rings. The number of ether oxygens (including phenoxy) is 3. The van der Waals surface area contributed by atoms with E-state index in [9.17, 15) is 19.2 Å². The highest BCUT2D eigenvalue weighted by Gasteiger charge is 2.29. The zero-order chi connectivity index (χ0) is 41.5. The van der Waals surface area contributed by atoms with Crippen molar-refractivity contribution in [2.75, 3.05) is 62.2 Å². The van der Waals surface area contributed by atoms with Crippen LogP contribution in [0, 0.1) is 0 Å². The molecule has 4 heterocycles. The second-order valence-corrected chi connectivity index (χ2v) is 16.8. The van der Waals surface area contributed by atoms with Crippen molar-refractivity contribution in [3.63, 3.8) is 0 Å². The summed E-state index contributed by atoms with van der Waals surface area (Å²) in [4.78, 5) is 73.1. The van der Waals surface area contributed by atoms with Gasteiger partial charge in [0.05, 0.1) is 11.0 Å². The van der Waals surface area contributed by atoms with E-state index in [4.69, 9.17) is 14.2 Å². The molecule has 2 aliphatic rings. The Labute approximate surface area is 334 Å². The molecule has 2 aliphatic heterocycles. The number of aromatic nitrogens is 4. The van der Waals surface area contributed by atoms with Crippen molar-refractivity contribution in [2.24, 2.45) is 0 Å². The van der Waals surface area contributed by atoms with Gasteiger partial charge in [0, 0.05) is 80.3 Å². The summed E-state index contributed by atoms with van der Waals surface area (Å²) in [6.07, 6.45) is 6.37. The number of piperazine rings is 2. The third-order valence-corrected chi connectivity index (χ3v) is 8.74. The van der Waals surface area contributed by atoms with E-state index in [1.165, 1.54) is 18.7 Å². The molecule has 15 nitrogen and oxygen atoms in total. The number of carbonyl (C=O) groups excluding carboxylic acids is 4. The number of hydrogen-bond acceptors (Lipinski definition) is 13. The van der Waals surface area contributed by atoms with Crippen LogP contribution in [0.2, 0.25) is 0 Å². The van der Waals surface area contributed by atoms with E-state index in [1.807, 2.05) is 92.6 Å². The zero-order valence-corrected chi connectivity index (χ0v) is 34.4. The summed E-state index contributed by atoms with van der Waals surface area (Å²) in [5.74, 6) is 1.20. The molecule has 2 aromatic carbocycles. The second-order valence-electron chi connectivity index (χ2n) is 16.8. The number of carbonyl (C=O) groups is 4. The maximum absolute atomic E-state index is 12.3. The number of benzene rings is 2. The Morgan fingerprint density at radius 2 is 0.965 bits per heavy atom. The number of aldehydes is 1. The maximum Gasteiger partial charge on any atom is 0.410 e. The van der Waals surface area contributed by atoms with E-state index in [0.717, 1.165) is 39.8 Å². The second kappa shape index (κ2) is 17.5. The lowest BCUT2D eigenvalue weighted by Gasteiger charge is -2.36. The fourth-order valence-electron chi connectivity index (χ4n) is 6.28. The van der Waals surface area contributed by atoms with Crippen molar-refractivity contribution in [1.82, 2.24) is 29.7 Å². The molecule has 304 valence electrons. The van der Waals surface area contributed by atoms with Gasteiger partial charge in [-0.2, -0.15) is 0 Å². The van der Waals surface area contributed by atoms with Gasteiger partial charge in [-0.05, 0) is 86.6 Å². The highest BCUT2D eigenvalue weighted by atomic mass is 16.6. The fourth-order valence-corrected chi connectivity index (χ4v) is 6.28. The first-order valence-corrected chi connectivity index (χ1v) is 19.1. The molecule has 0 bridgehead atoms. The number of anilines is 2. The SMILES string of the molecule is CC(C)(C)OC(=O)/C=C/c1cccc2c(N3CCN(C(=O)OC(C)(C)C)CC3)ncnc12.CC(C)(C)OC(=O)N1CCN(c2ncnc3c(C=O)cccc23)CC1. The number of amides is 2. The lowest BCUT2D eigenvalue weighted by atomic mass is 10.1. The monoisotopic (exact) mass is 782 g/mol. The van der Waals surface area contributed by atoms with Crippen molar-refractivity contribution in [1.29, 1.82) is 0 Å². The molecule has 2 amide bonds. The maximum atomic E-state index is 12.3. The molecular weight excluding hydrogens is 729 g/mol. The summed E-state index contributed by atoms with van der Waals surface area (Å²) in [6.45, 7) is 21.5. The Morgan fingerprint density at radius 3 is 1.37 bits per heavy atom. The molecule has 6 rings (SSSR count). The number of rotatable bonds is 5. The lowest BCUT2D eigenvalue weighted by Crippen LogP contribution is -2.50. The third-order valence-electron chi connectivity index (χ3n) is 8.74. The number of fused-ring (bicyclic) bond motifs is 2. The van der Waals surface area contributed by atoms with Crippen molar-refractivity contribution in [3.8, 4) is 0 Å². The minimum Gasteiger partial charge on any atom is -0.457 e. The van der Waals surface area contributed by atoms with Crippen LogP contribution < -0.4 is 9.80 Å². The molecule has 57 heavy (non-hydrogen) atoms. The van der Waals surface area contributed by atoms with Gasteiger partial charge in [0.25, 0.3) is 0 Å². The van der Waals surface area contributed by atoms with E-state index in [-0.39, 0.29) is 12.2 Å². The van der Waals surface area contributed by atoms with Gasteiger partial charge in [0.2, 0.25) is 0 Å². The molecule has 15 heteroatoms. The van der Waals surface area contributed by atoms with Gasteiger partial charge in [-0.15, -0.1) is 0 Å². The summed E-state index contributed by atoms with van der Waals surface area (Å²) in [5.41, 5.74) is 1.21. The lowest BCUT2D eigenvalue weighted by molar-refractivity contribution is -0.148.